The zero-order valence-corrected chi connectivity index (χ0v) is 11.2. The lowest BCUT2D eigenvalue weighted by Crippen LogP contribution is -2.44. The minimum atomic E-state index is 0.246. The van der Waals surface area contributed by atoms with E-state index >= 15 is 0 Å². The Morgan fingerprint density at radius 3 is 2.71 bits per heavy atom. The third-order valence-electron chi connectivity index (χ3n) is 3.55. The summed E-state index contributed by atoms with van der Waals surface area (Å²) in [4.78, 5) is 0. The van der Waals surface area contributed by atoms with Crippen LogP contribution in [0.25, 0.3) is 0 Å². The maximum Gasteiger partial charge on any atom is 0.0374 e. The summed E-state index contributed by atoms with van der Waals surface area (Å²) in [5, 5.41) is 3.78. The van der Waals surface area contributed by atoms with Crippen LogP contribution in [0.15, 0.2) is 36.9 Å². The number of hydrogen-bond donors (Lipinski definition) is 1. The molecule has 0 aromatic heterocycles. The standard InChI is InChI=1S/C16H23N/c1-5-8-13-11-12-9-6-7-10-14(12)15(17-13)16(2,3)4/h5-7,9-10,13,15,17H,1,8,11H2,2-4H3/t13-,15+/m0/s1. The molecule has 1 aliphatic heterocycles. The second kappa shape index (κ2) is 4.66. The Morgan fingerprint density at radius 1 is 1.35 bits per heavy atom. The Hall–Kier alpha value is -1.08. The molecule has 17 heavy (non-hydrogen) atoms. The molecule has 0 spiro atoms. The Labute approximate surface area is 105 Å². The summed E-state index contributed by atoms with van der Waals surface area (Å²) in [6, 6.07) is 9.80. The van der Waals surface area contributed by atoms with E-state index < -0.39 is 0 Å². The van der Waals surface area contributed by atoms with Crippen LogP contribution in [0.1, 0.15) is 44.4 Å². The lowest BCUT2D eigenvalue weighted by molar-refractivity contribution is 0.234. The summed E-state index contributed by atoms with van der Waals surface area (Å²) >= 11 is 0. The minimum absolute atomic E-state index is 0.246. The van der Waals surface area contributed by atoms with Crippen LogP contribution >= 0.6 is 0 Å². The first-order valence-corrected chi connectivity index (χ1v) is 6.47. The lowest BCUT2D eigenvalue weighted by atomic mass is 9.76. The van der Waals surface area contributed by atoms with E-state index in [9.17, 15) is 0 Å². The summed E-state index contributed by atoms with van der Waals surface area (Å²) in [5.74, 6) is 0. The van der Waals surface area contributed by atoms with Crippen molar-refractivity contribution in [3.8, 4) is 0 Å². The van der Waals surface area contributed by atoms with Gasteiger partial charge in [-0.15, -0.1) is 6.58 Å². The van der Waals surface area contributed by atoms with Crippen molar-refractivity contribution in [2.75, 3.05) is 0 Å². The first-order valence-electron chi connectivity index (χ1n) is 6.47. The van der Waals surface area contributed by atoms with Crippen molar-refractivity contribution in [1.29, 1.82) is 0 Å². The Morgan fingerprint density at radius 2 is 2.06 bits per heavy atom. The van der Waals surface area contributed by atoms with E-state index in [0.717, 1.165) is 12.8 Å². The monoisotopic (exact) mass is 229 g/mol. The molecule has 92 valence electrons. The Balaban J connectivity index is 2.35. The average molecular weight is 229 g/mol. The van der Waals surface area contributed by atoms with Crippen molar-refractivity contribution in [3.05, 3.63) is 48.0 Å². The van der Waals surface area contributed by atoms with Gasteiger partial charge in [0.25, 0.3) is 0 Å². The predicted molar refractivity (Wildman–Crippen MR) is 74.1 cm³/mol. The molecular formula is C16H23N. The van der Waals surface area contributed by atoms with Crippen LogP contribution in [-0.4, -0.2) is 6.04 Å². The highest BCUT2D eigenvalue weighted by molar-refractivity contribution is 5.34. The lowest BCUT2D eigenvalue weighted by Gasteiger charge is -2.40. The molecule has 0 saturated carbocycles. The SMILES string of the molecule is C=CC[C@H]1Cc2ccccc2[C@H](C(C)(C)C)N1. The average Bonchev–Trinajstić information content (AvgIpc) is 2.27. The van der Waals surface area contributed by atoms with E-state index in [0.29, 0.717) is 12.1 Å². The molecule has 0 radical (unpaired) electrons. The maximum atomic E-state index is 3.86. The smallest absolute Gasteiger partial charge is 0.0374 e. The van der Waals surface area contributed by atoms with Gasteiger partial charge in [-0.2, -0.15) is 0 Å². The van der Waals surface area contributed by atoms with Crippen molar-refractivity contribution < 1.29 is 0 Å². The molecule has 0 aliphatic carbocycles. The van der Waals surface area contributed by atoms with E-state index in [1.165, 1.54) is 11.1 Å². The minimum Gasteiger partial charge on any atom is -0.306 e. The van der Waals surface area contributed by atoms with E-state index in [1.54, 1.807) is 0 Å². The van der Waals surface area contributed by atoms with Gasteiger partial charge in [0, 0.05) is 12.1 Å². The van der Waals surface area contributed by atoms with E-state index in [1.807, 2.05) is 6.08 Å². The molecule has 1 heteroatoms. The Bertz CT molecular complexity index is 400. The summed E-state index contributed by atoms with van der Waals surface area (Å²) in [5.41, 5.74) is 3.22. The number of fused-ring (bicyclic) bond motifs is 1. The summed E-state index contributed by atoms with van der Waals surface area (Å²) in [7, 11) is 0. The number of benzene rings is 1. The maximum absolute atomic E-state index is 3.86. The van der Waals surface area contributed by atoms with Gasteiger partial charge in [-0.25, -0.2) is 0 Å². The van der Waals surface area contributed by atoms with Crippen LogP contribution in [0.3, 0.4) is 0 Å². The first kappa shape index (κ1) is 12.4. The van der Waals surface area contributed by atoms with Gasteiger partial charge in [-0.05, 0) is 29.4 Å². The molecule has 1 N–H and O–H groups in total. The van der Waals surface area contributed by atoms with Crippen molar-refractivity contribution in [2.24, 2.45) is 5.41 Å². The quantitative estimate of drug-likeness (QED) is 0.759. The third kappa shape index (κ3) is 2.61. The molecule has 0 unspecified atom stereocenters. The van der Waals surface area contributed by atoms with Crippen LogP contribution in [0.2, 0.25) is 0 Å². The third-order valence-corrected chi connectivity index (χ3v) is 3.55. The van der Waals surface area contributed by atoms with E-state index in [-0.39, 0.29) is 5.41 Å². The molecule has 0 amide bonds. The highest BCUT2D eigenvalue weighted by Gasteiger charge is 2.33. The van der Waals surface area contributed by atoms with Gasteiger partial charge >= 0.3 is 0 Å². The summed E-state index contributed by atoms with van der Waals surface area (Å²) in [6.07, 6.45) is 4.18. The molecule has 1 aliphatic rings. The van der Waals surface area contributed by atoms with Crippen molar-refractivity contribution in [1.82, 2.24) is 5.32 Å². The van der Waals surface area contributed by atoms with E-state index in [4.69, 9.17) is 0 Å². The molecule has 2 atom stereocenters. The van der Waals surface area contributed by atoms with Crippen molar-refractivity contribution in [2.45, 2.75) is 45.7 Å². The number of nitrogens with one attached hydrogen (secondary N) is 1. The van der Waals surface area contributed by atoms with Gasteiger partial charge < -0.3 is 5.32 Å². The van der Waals surface area contributed by atoms with Gasteiger partial charge in [0.2, 0.25) is 0 Å². The topological polar surface area (TPSA) is 12.0 Å². The molecule has 2 rings (SSSR count). The molecule has 0 fully saturated rings. The van der Waals surface area contributed by atoms with Gasteiger partial charge in [-0.3, -0.25) is 0 Å². The normalized spacial score (nSPS) is 24.2. The first-order chi connectivity index (χ1) is 8.02. The van der Waals surface area contributed by atoms with Crippen LogP contribution in [-0.2, 0) is 6.42 Å². The van der Waals surface area contributed by atoms with Gasteiger partial charge in [0.15, 0.2) is 0 Å². The Kier molecular flexibility index (Phi) is 3.39. The molecular weight excluding hydrogens is 206 g/mol. The molecule has 1 nitrogen and oxygen atoms in total. The fraction of sp³-hybridized carbons (Fsp3) is 0.500. The van der Waals surface area contributed by atoms with Crippen molar-refractivity contribution >= 4 is 0 Å². The second-order valence-corrected chi connectivity index (χ2v) is 6.09. The predicted octanol–water partition coefficient (Wildman–Crippen LogP) is 3.86. The van der Waals surface area contributed by atoms with Crippen LogP contribution in [0.5, 0.6) is 0 Å². The zero-order valence-electron chi connectivity index (χ0n) is 11.2. The van der Waals surface area contributed by atoms with E-state index in [2.05, 4.69) is 56.9 Å². The molecule has 0 saturated heterocycles. The zero-order chi connectivity index (χ0) is 12.5. The van der Waals surface area contributed by atoms with Gasteiger partial charge in [-0.1, -0.05) is 51.1 Å². The van der Waals surface area contributed by atoms with Gasteiger partial charge in [0.05, 0.1) is 0 Å². The van der Waals surface area contributed by atoms with Crippen LogP contribution in [0, 0.1) is 5.41 Å². The van der Waals surface area contributed by atoms with Crippen molar-refractivity contribution in [3.63, 3.8) is 0 Å². The summed E-state index contributed by atoms with van der Waals surface area (Å²) < 4.78 is 0. The second-order valence-electron chi connectivity index (χ2n) is 6.09. The molecule has 1 heterocycles. The largest absolute Gasteiger partial charge is 0.306 e. The molecule has 0 bridgehead atoms. The fourth-order valence-electron chi connectivity index (χ4n) is 2.72. The van der Waals surface area contributed by atoms with Gasteiger partial charge in [0.1, 0.15) is 0 Å². The molecule has 1 aromatic rings. The molecule has 1 aromatic carbocycles. The number of rotatable bonds is 2. The highest BCUT2D eigenvalue weighted by Crippen LogP contribution is 2.38. The van der Waals surface area contributed by atoms with Crippen LogP contribution in [0.4, 0.5) is 0 Å². The fourth-order valence-corrected chi connectivity index (χ4v) is 2.72. The van der Waals surface area contributed by atoms with Crippen LogP contribution < -0.4 is 5.32 Å². The summed E-state index contributed by atoms with van der Waals surface area (Å²) in [6.45, 7) is 10.8. The number of hydrogen-bond acceptors (Lipinski definition) is 1. The highest BCUT2D eigenvalue weighted by atomic mass is 15.0.